The summed E-state index contributed by atoms with van der Waals surface area (Å²) in [6.45, 7) is 1.87. The molecule has 0 aromatic heterocycles. The molecule has 1 aliphatic rings. The third-order valence-corrected chi connectivity index (χ3v) is 5.85. The second-order valence-corrected chi connectivity index (χ2v) is 7.73. The van der Waals surface area contributed by atoms with E-state index in [1.807, 2.05) is 0 Å². The summed E-state index contributed by atoms with van der Waals surface area (Å²) in [6.07, 6.45) is -0.866. The molecule has 1 aliphatic heterocycles. The summed E-state index contributed by atoms with van der Waals surface area (Å²) in [7, 11) is -0.933. The molecule has 9 heteroatoms. The smallest absolute Gasteiger partial charge is 0.347 e. The van der Waals surface area contributed by atoms with Crippen molar-refractivity contribution >= 4 is 39.2 Å². The minimum atomic E-state index is -3.74. The summed E-state index contributed by atoms with van der Waals surface area (Å²) in [5.74, 6) is -0.452. The minimum absolute atomic E-state index is 0.0197. The van der Waals surface area contributed by atoms with Crippen LogP contribution in [0.1, 0.15) is 12.5 Å². The van der Waals surface area contributed by atoms with Gasteiger partial charge in [0.25, 0.3) is 0 Å². The van der Waals surface area contributed by atoms with Crippen molar-refractivity contribution < 1.29 is 22.7 Å². The molecule has 2 rings (SSSR count). The van der Waals surface area contributed by atoms with Crippen LogP contribution in [0.25, 0.3) is 0 Å². The van der Waals surface area contributed by atoms with Gasteiger partial charge in [-0.15, -0.1) is 0 Å². The number of ether oxygens (including phenoxy) is 2. The van der Waals surface area contributed by atoms with Gasteiger partial charge in [-0.05, 0) is 13.0 Å². The van der Waals surface area contributed by atoms with Crippen LogP contribution in [0, 0.1) is 0 Å². The lowest BCUT2D eigenvalue weighted by Crippen LogP contribution is -2.28. The summed E-state index contributed by atoms with van der Waals surface area (Å²) < 4.78 is 36.3. The number of nitrogens with zero attached hydrogens (tertiary/aromatic N) is 1. The largest absolute Gasteiger partial charge is 0.476 e. The molecule has 0 aliphatic carbocycles. The molecule has 1 heterocycles. The van der Waals surface area contributed by atoms with E-state index in [0.717, 1.165) is 4.31 Å². The predicted molar refractivity (Wildman–Crippen MR) is 82.1 cm³/mol. The number of esters is 1. The molecule has 0 spiro atoms. The monoisotopic (exact) mass is 367 g/mol. The van der Waals surface area contributed by atoms with Crippen LogP contribution < -0.4 is 4.74 Å². The number of carbonyl (C=O) groups excluding carboxylic acids is 1. The van der Waals surface area contributed by atoms with E-state index in [2.05, 4.69) is 0 Å². The third-order valence-electron chi connectivity index (χ3n) is 3.20. The highest BCUT2D eigenvalue weighted by molar-refractivity contribution is 7.89. The lowest BCUT2D eigenvalue weighted by Gasteiger charge is -2.15. The molecule has 6 nitrogen and oxygen atoms in total. The van der Waals surface area contributed by atoms with E-state index < -0.39 is 22.1 Å². The fraction of sp³-hybridized carbons (Fsp3) is 0.462. The second-order valence-electron chi connectivity index (χ2n) is 4.83. The number of sulfonamides is 1. The summed E-state index contributed by atoms with van der Waals surface area (Å²) >= 11 is 12.1. The topological polar surface area (TPSA) is 72.9 Å². The van der Waals surface area contributed by atoms with Gasteiger partial charge < -0.3 is 9.47 Å². The first kappa shape index (κ1) is 17.3. The van der Waals surface area contributed by atoms with E-state index in [1.54, 1.807) is 6.92 Å². The van der Waals surface area contributed by atoms with Gasteiger partial charge in [0.1, 0.15) is 10.8 Å². The summed E-state index contributed by atoms with van der Waals surface area (Å²) in [5.41, 5.74) is 0.334. The van der Waals surface area contributed by atoms with Gasteiger partial charge in [0.05, 0.1) is 16.5 Å². The fourth-order valence-electron chi connectivity index (χ4n) is 2.10. The van der Waals surface area contributed by atoms with Crippen LogP contribution in [0.15, 0.2) is 11.0 Å². The SMILES string of the molecule is CCOC(=O)C1Cc2c(S(=O)(=O)N(C)C)cc(Cl)c(Cl)c2O1. The van der Waals surface area contributed by atoms with E-state index in [0.29, 0.717) is 5.56 Å². The zero-order valence-electron chi connectivity index (χ0n) is 12.2. The Kier molecular flexibility index (Phi) is 4.91. The molecule has 0 radical (unpaired) electrons. The Morgan fingerprint density at radius 3 is 2.64 bits per heavy atom. The Balaban J connectivity index is 2.54. The molecule has 0 saturated heterocycles. The van der Waals surface area contributed by atoms with Gasteiger partial charge in [0.15, 0.2) is 6.10 Å². The van der Waals surface area contributed by atoms with Gasteiger partial charge >= 0.3 is 5.97 Å². The maximum Gasteiger partial charge on any atom is 0.347 e. The average molecular weight is 368 g/mol. The lowest BCUT2D eigenvalue weighted by atomic mass is 10.1. The molecule has 1 aromatic rings. The van der Waals surface area contributed by atoms with Crippen LogP contribution >= 0.6 is 23.2 Å². The Hall–Kier alpha value is -1.02. The highest BCUT2D eigenvalue weighted by Gasteiger charge is 2.38. The predicted octanol–water partition coefficient (Wildman–Crippen LogP) is 2.11. The standard InChI is InChI=1S/C13H15Cl2NO5S/c1-4-20-13(17)9-5-7-10(22(18,19)16(2)3)6-8(14)11(15)12(7)21-9/h6,9H,4-5H2,1-3H3. The molecular formula is C13H15Cl2NO5S. The Labute approximate surface area is 138 Å². The summed E-state index contributed by atoms with van der Waals surface area (Å²) in [5, 5.41) is 0.131. The molecule has 0 amide bonds. The van der Waals surface area contributed by atoms with Crippen molar-refractivity contribution in [2.24, 2.45) is 0 Å². The number of fused-ring (bicyclic) bond motifs is 1. The zero-order chi connectivity index (χ0) is 16.7. The summed E-state index contributed by atoms with van der Waals surface area (Å²) in [4.78, 5) is 11.8. The van der Waals surface area contributed by atoms with Crippen molar-refractivity contribution in [1.82, 2.24) is 4.31 Å². The average Bonchev–Trinajstić information content (AvgIpc) is 2.88. The van der Waals surface area contributed by atoms with Gasteiger partial charge in [-0.1, -0.05) is 23.2 Å². The zero-order valence-corrected chi connectivity index (χ0v) is 14.5. The number of carbonyl (C=O) groups is 1. The molecule has 1 aromatic carbocycles. The first-order chi connectivity index (χ1) is 10.2. The van der Waals surface area contributed by atoms with Crippen molar-refractivity contribution in [2.45, 2.75) is 24.3 Å². The highest BCUT2D eigenvalue weighted by atomic mass is 35.5. The number of rotatable bonds is 4. The maximum atomic E-state index is 12.4. The fourth-order valence-corrected chi connectivity index (χ4v) is 3.72. The molecule has 0 saturated carbocycles. The molecule has 0 bridgehead atoms. The first-order valence-electron chi connectivity index (χ1n) is 6.46. The van der Waals surface area contributed by atoms with Gasteiger partial charge in [0.2, 0.25) is 10.0 Å². The number of hydrogen-bond donors (Lipinski definition) is 0. The molecule has 0 N–H and O–H groups in total. The number of benzene rings is 1. The Morgan fingerprint density at radius 2 is 2.09 bits per heavy atom. The normalized spacial score (nSPS) is 17.3. The van der Waals surface area contributed by atoms with E-state index in [-0.39, 0.29) is 33.7 Å². The van der Waals surface area contributed by atoms with Crippen molar-refractivity contribution in [3.63, 3.8) is 0 Å². The minimum Gasteiger partial charge on any atom is -0.476 e. The van der Waals surface area contributed by atoms with Crippen LogP contribution in [-0.2, 0) is 26.0 Å². The number of halogens is 2. The lowest BCUT2D eigenvalue weighted by molar-refractivity contribution is -0.150. The van der Waals surface area contributed by atoms with Gasteiger partial charge in [-0.2, -0.15) is 0 Å². The maximum absolute atomic E-state index is 12.4. The van der Waals surface area contributed by atoms with E-state index in [9.17, 15) is 13.2 Å². The van der Waals surface area contributed by atoms with Crippen LogP contribution in [0.2, 0.25) is 10.0 Å². The van der Waals surface area contributed by atoms with Crippen LogP contribution in [0.5, 0.6) is 5.75 Å². The van der Waals surface area contributed by atoms with Crippen LogP contribution in [0.4, 0.5) is 0 Å². The van der Waals surface area contributed by atoms with E-state index >= 15 is 0 Å². The molecule has 0 fully saturated rings. The molecule has 1 atom stereocenters. The van der Waals surface area contributed by atoms with Gasteiger partial charge in [-0.25, -0.2) is 17.5 Å². The quantitative estimate of drug-likeness (QED) is 0.762. The Bertz CT molecular complexity index is 718. The van der Waals surface area contributed by atoms with Crippen LogP contribution in [0.3, 0.4) is 0 Å². The molecule has 22 heavy (non-hydrogen) atoms. The Morgan fingerprint density at radius 1 is 1.45 bits per heavy atom. The van der Waals surface area contributed by atoms with Crippen molar-refractivity contribution in [3.8, 4) is 5.75 Å². The highest BCUT2D eigenvalue weighted by Crippen LogP contribution is 2.44. The molecule has 1 unspecified atom stereocenters. The van der Waals surface area contributed by atoms with Crippen molar-refractivity contribution in [1.29, 1.82) is 0 Å². The second kappa shape index (κ2) is 6.23. The summed E-state index contributed by atoms with van der Waals surface area (Å²) in [6, 6.07) is 1.27. The van der Waals surface area contributed by atoms with Crippen LogP contribution in [-0.4, -0.2) is 45.5 Å². The number of hydrogen-bond acceptors (Lipinski definition) is 5. The van der Waals surface area contributed by atoms with Gasteiger partial charge in [-0.3, -0.25) is 0 Å². The van der Waals surface area contributed by atoms with Crippen molar-refractivity contribution in [2.75, 3.05) is 20.7 Å². The first-order valence-corrected chi connectivity index (χ1v) is 8.66. The third kappa shape index (κ3) is 2.90. The van der Waals surface area contributed by atoms with E-state index in [1.165, 1.54) is 20.2 Å². The van der Waals surface area contributed by atoms with E-state index in [4.69, 9.17) is 32.7 Å². The molecule has 122 valence electrons. The van der Waals surface area contributed by atoms with Crippen molar-refractivity contribution in [3.05, 3.63) is 21.7 Å². The molecular weight excluding hydrogens is 353 g/mol. The van der Waals surface area contributed by atoms with Gasteiger partial charge in [0, 0.05) is 26.1 Å².